The van der Waals surface area contributed by atoms with E-state index in [1.165, 1.54) is 25.7 Å². The van der Waals surface area contributed by atoms with E-state index in [1.54, 1.807) is 6.20 Å². The maximum absolute atomic E-state index is 5.93. The number of hydrogen-bond donors (Lipinski definition) is 2. The number of aromatic nitrogens is 2. The lowest BCUT2D eigenvalue weighted by atomic mass is 9.98. The Morgan fingerprint density at radius 1 is 1.26 bits per heavy atom. The predicted molar refractivity (Wildman–Crippen MR) is 78.0 cm³/mol. The second kappa shape index (κ2) is 5.53. The molecule has 1 heterocycles. The third kappa shape index (κ3) is 2.54. The summed E-state index contributed by atoms with van der Waals surface area (Å²) in [6.07, 6.45) is 6.99. The highest BCUT2D eigenvalue weighted by Gasteiger charge is 2.24. The summed E-state index contributed by atoms with van der Waals surface area (Å²) in [7, 11) is 0. The van der Waals surface area contributed by atoms with E-state index in [0.29, 0.717) is 18.5 Å². The van der Waals surface area contributed by atoms with Crippen molar-refractivity contribution in [3.8, 4) is 0 Å². The van der Waals surface area contributed by atoms with E-state index in [2.05, 4.69) is 27.6 Å². The fraction of sp³-hybridized carbons (Fsp3) is 0.467. The van der Waals surface area contributed by atoms with Crippen LogP contribution >= 0.6 is 0 Å². The van der Waals surface area contributed by atoms with Crippen molar-refractivity contribution in [2.24, 2.45) is 11.7 Å². The SMILES string of the molecule is NCC(Nc1nncc2ccccc12)C1CCCC1. The molecule has 2 aromatic rings. The summed E-state index contributed by atoms with van der Waals surface area (Å²) < 4.78 is 0. The van der Waals surface area contributed by atoms with Crippen LogP contribution in [0.4, 0.5) is 5.82 Å². The van der Waals surface area contributed by atoms with Gasteiger partial charge in [-0.15, -0.1) is 5.10 Å². The smallest absolute Gasteiger partial charge is 0.156 e. The Balaban J connectivity index is 1.87. The number of nitrogens with zero attached hydrogens (tertiary/aromatic N) is 2. The van der Waals surface area contributed by atoms with E-state index in [9.17, 15) is 0 Å². The average Bonchev–Trinajstić information content (AvgIpc) is 2.99. The van der Waals surface area contributed by atoms with Crippen molar-refractivity contribution < 1.29 is 0 Å². The van der Waals surface area contributed by atoms with Crippen LogP contribution < -0.4 is 11.1 Å². The largest absolute Gasteiger partial charge is 0.364 e. The highest BCUT2D eigenvalue weighted by Crippen LogP contribution is 2.30. The number of fused-ring (bicyclic) bond motifs is 1. The van der Waals surface area contributed by atoms with Gasteiger partial charge >= 0.3 is 0 Å². The molecule has 0 radical (unpaired) electrons. The number of nitrogens with two attached hydrogens (primary N) is 1. The summed E-state index contributed by atoms with van der Waals surface area (Å²) in [6, 6.07) is 8.49. The molecule has 1 unspecified atom stereocenters. The van der Waals surface area contributed by atoms with Gasteiger partial charge in [0.1, 0.15) is 0 Å². The standard InChI is InChI=1S/C15H20N4/c16-9-14(11-5-1-2-6-11)18-15-13-8-4-3-7-12(13)10-17-19-15/h3-4,7-8,10-11,14H,1-2,5-6,9,16H2,(H,18,19). The quantitative estimate of drug-likeness (QED) is 0.882. The summed E-state index contributed by atoms with van der Waals surface area (Å²) in [5.41, 5.74) is 5.93. The Morgan fingerprint density at radius 2 is 2.05 bits per heavy atom. The molecular weight excluding hydrogens is 236 g/mol. The molecule has 1 aromatic carbocycles. The number of nitrogens with one attached hydrogen (secondary N) is 1. The van der Waals surface area contributed by atoms with Crippen LogP contribution in [0.2, 0.25) is 0 Å². The molecule has 0 bridgehead atoms. The van der Waals surface area contributed by atoms with Gasteiger partial charge in [-0.05, 0) is 18.8 Å². The molecule has 1 aromatic heterocycles. The molecule has 0 aliphatic heterocycles. The summed E-state index contributed by atoms with van der Waals surface area (Å²) >= 11 is 0. The molecule has 1 atom stereocenters. The van der Waals surface area contributed by atoms with Crippen LogP contribution in [0, 0.1) is 5.92 Å². The summed E-state index contributed by atoms with van der Waals surface area (Å²) in [4.78, 5) is 0. The average molecular weight is 256 g/mol. The van der Waals surface area contributed by atoms with Crippen LogP contribution in [-0.4, -0.2) is 22.8 Å². The monoisotopic (exact) mass is 256 g/mol. The van der Waals surface area contributed by atoms with E-state index < -0.39 is 0 Å². The van der Waals surface area contributed by atoms with Gasteiger partial charge in [-0.25, -0.2) is 0 Å². The molecule has 1 aliphatic rings. The predicted octanol–water partition coefficient (Wildman–Crippen LogP) is 2.56. The number of benzene rings is 1. The van der Waals surface area contributed by atoms with Gasteiger partial charge in [0.15, 0.2) is 5.82 Å². The van der Waals surface area contributed by atoms with E-state index in [0.717, 1.165) is 16.6 Å². The molecule has 0 spiro atoms. The Hall–Kier alpha value is -1.68. The maximum atomic E-state index is 5.93. The molecule has 1 aliphatic carbocycles. The van der Waals surface area contributed by atoms with Gasteiger partial charge in [0.2, 0.25) is 0 Å². The first-order chi connectivity index (χ1) is 9.38. The van der Waals surface area contributed by atoms with Crippen molar-refractivity contribution >= 4 is 16.6 Å². The molecule has 3 rings (SSSR count). The van der Waals surface area contributed by atoms with E-state index >= 15 is 0 Å². The third-order valence-electron chi connectivity index (χ3n) is 4.12. The van der Waals surface area contributed by atoms with Gasteiger partial charge in [0.25, 0.3) is 0 Å². The van der Waals surface area contributed by atoms with Crippen LogP contribution in [-0.2, 0) is 0 Å². The minimum atomic E-state index is 0.308. The molecule has 19 heavy (non-hydrogen) atoms. The first kappa shape index (κ1) is 12.4. The lowest BCUT2D eigenvalue weighted by Crippen LogP contribution is -2.35. The molecule has 0 saturated heterocycles. The van der Waals surface area contributed by atoms with E-state index in [-0.39, 0.29) is 0 Å². The van der Waals surface area contributed by atoms with Gasteiger partial charge in [-0.2, -0.15) is 5.10 Å². The van der Waals surface area contributed by atoms with Gasteiger partial charge in [0.05, 0.1) is 6.20 Å². The van der Waals surface area contributed by atoms with Gasteiger partial charge in [0, 0.05) is 23.4 Å². The first-order valence-corrected chi connectivity index (χ1v) is 7.05. The van der Waals surface area contributed by atoms with E-state index in [4.69, 9.17) is 5.73 Å². The Bertz CT molecular complexity index is 543. The second-order valence-corrected chi connectivity index (χ2v) is 5.31. The zero-order valence-electron chi connectivity index (χ0n) is 11.0. The summed E-state index contributed by atoms with van der Waals surface area (Å²) in [6.45, 7) is 0.648. The third-order valence-corrected chi connectivity index (χ3v) is 4.12. The minimum Gasteiger partial charge on any atom is -0.364 e. The summed E-state index contributed by atoms with van der Waals surface area (Å²) in [5.74, 6) is 1.53. The molecule has 1 fully saturated rings. The van der Waals surface area contributed by atoms with Crippen LogP contribution in [0.15, 0.2) is 30.5 Å². The van der Waals surface area contributed by atoms with Crippen molar-refractivity contribution in [2.75, 3.05) is 11.9 Å². The van der Waals surface area contributed by atoms with Crippen molar-refractivity contribution in [1.82, 2.24) is 10.2 Å². The lowest BCUT2D eigenvalue weighted by molar-refractivity contribution is 0.461. The zero-order chi connectivity index (χ0) is 13.1. The minimum absolute atomic E-state index is 0.308. The van der Waals surface area contributed by atoms with Crippen molar-refractivity contribution in [3.63, 3.8) is 0 Å². The van der Waals surface area contributed by atoms with Gasteiger partial charge in [-0.3, -0.25) is 0 Å². The van der Waals surface area contributed by atoms with E-state index in [1.807, 2.05) is 12.1 Å². The number of hydrogen-bond acceptors (Lipinski definition) is 4. The molecule has 3 N–H and O–H groups in total. The fourth-order valence-corrected chi connectivity index (χ4v) is 3.04. The lowest BCUT2D eigenvalue weighted by Gasteiger charge is -2.24. The van der Waals surface area contributed by atoms with Crippen molar-refractivity contribution in [3.05, 3.63) is 30.5 Å². The maximum Gasteiger partial charge on any atom is 0.156 e. The van der Waals surface area contributed by atoms with Gasteiger partial charge in [-0.1, -0.05) is 37.1 Å². The second-order valence-electron chi connectivity index (χ2n) is 5.31. The van der Waals surface area contributed by atoms with Gasteiger partial charge < -0.3 is 11.1 Å². The molecule has 1 saturated carbocycles. The zero-order valence-corrected chi connectivity index (χ0v) is 11.0. The highest BCUT2D eigenvalue weighted by atomic mass is 15.2. The first-order valence-electron chi connectivity index (χ1n) is 7.05. The number of anilines is 1. The molecule has 4 nitrogen and oxygen atoms in total. The Kier molecular flexibility index (Phi) is 3.60. The fourth-order valence-electron chi connectivity index (χ4n) is 3.04. The number of rotatable bonds is 4. The van der Waals surface area contributed by atoms with Crippen LogP contribution in [0.5, 0.6) is 0 Å². The topological polar surface area (TPSA) is 63.8 Å². The molecule has 0 amide bonds. The van der Waals surface area contributed by atoms with Crippen molar-refractivity contribution in [2.45, 2.75) is 31.7 Å². The normalized spacial score (nSPS) is 17.7. The van der Waals surface area contributed by atoms with Crippen molar-refractivity contribution in [1.29, 1.82) is 0 Å². The highest BCUT2D eigenvalue weighted by molar-refractivity contribution is 5.90. The Labute approximate surface area is 113 Å². The molecule has 100 valence electrons. The molecular formula is C15H20N4. The van der Waals surface area contributed by atoms with Crippen LogP contribution in [0.25, 0.3) is 10.8 Å². The summed E-state index contributed by atoms with van der Waals surface area (Å²) in [5, 5.41) is 14.1. The Morgan fingerprint density at radius 3 is 2.84 bits per heavy atom. The van der Waals surface area contributed by atoms with Crippen LogP contribution in [0.3, 0.4) is 0 Å². The van der Waals surface area contributed by atoms with Crippen LogP contribution in [0.1, 0.15) is 25.7 Å². The molecule has 4 heteroatoms.